The van der Waals surface area contributed by atoms with E-state index in [2.05, 4.69) is 15.9 Å². The molecule has 4 heteroatoms. The van der Waals surface area contributed by atoms with Gasteiger partial charge in [-0.1, -0.05) is 6.07 Å². The normalized spacial score (nSPS) is 10.0. The summed E-state index contributed by atoms with van der Waals surface area (Å²) in [5, 5.41) is 0. The van der Waals surface area contributed by atoms with Crippen LogP contribution >= 0.6 is 15.9 Å². The Labute approximate surface area is 90.8 Å². The van der Waals surface area contributed by atoms with Crippen LogP contribution in [0.2, 0.25) is 0 Å². The lowest BCUT2D eigenvalue weighted by molar-refractivity contribution is 0.0797. The molecular weight excluding hydrogens is 249 g/mol. The number of rotatable bonds is 2. The minimum atomic E-state index is -0.502. The number of hydrogen-bond acceptors (Lipinski definition) is 1. The van der Waals surface area contributed by atoms with Gasteiger partial charge in [0.1, 0.15) is 5.82 Å². The van der Waals surface area contributed by atoms with E-state index in [-0.39, 0.29) is 11.5 Å². The number of hydrogen-bond donors (Lipinski definition) is 0. The van der Waals surface area contributed by atoms with Crippen LogP contribution in [0.4, 0.5) is 4.39 Å². The number of benzene rings is 1. The van der Waals surface area contributed by atoms with Gasteiger partial charge in [-0.25, -0.2) is 4.39 Å². The highest BCUT2D eigenvalue weighted by Gasteiger charge is 2.16. The zero-order valence-electron chi connectivity index (χ0n) is 8.05. The molecule has 1 aromatic carbocycles. The summed E-state index contributed by atoms with van der Waals surface area (Å²) in [6, 6.07) is 4.69. The van der Waals surface area contributed by atoms with Crippen molar-refractivity contribution in [3.8, 4) is 0 Å². The van der Waals surface area contributed by atoms with Gasteiger partial charge < -0.3 is 4.90 Å². The predicted octanol–water partition coefficient (Wildman–Crippen LogP) is 2.68. The molecule has 0 aliphatic rings. The molecule has 0 N–H and O–H groups in total. The van der Waals surface area contributed by atoms with Gasteiger partial charge in [0.05, 0.1) is 10.0 Å². The molecule has 0 bridgehead atoms. The van der Waals surface area contributed by atoms with Gasteiger partial charge in [0, 0.05) is 13.6 Å². The van der Waals surface area contributed by atoms with E-state index < -0.39 is 5.82 Å². The molecular formula is C10H11BrFNO. The predicted molar refractivity (Wildman–Crippen MR) is 56.7 cm³/mol. The van der Waals surface area contributed by atoms with E-state index in [4.69, 9.17) is 0 Å². The summed E-state index contributed by atoms with van der Waals surface area (Å²) < 4.78 is 13.8. The molecule has 0 atom stereocenters. The summed E-state index contributed by atoms with van der Waals surface area (Å²) >= 11 is 3.04. The molecule has 0 fully saturated rings. The number of amides is 1. The van der Waals surface area contributed by atoms with Crippen LogP contribution in [0.15, 0.2) is 22.7 Å². The van der Waals surface area contributed by atoms with Gasteiger partial charge in [-0.2, -0.15) is 0 Å². The van der Waals surface area contributed by atoms with E-state index in [1.165, 1.54) is 11.0 Å². The van der Waals surface area contributed by atoms with Gasteiger partial charge in [-0.15, -0.1) is 0 Å². The van der Waals surface area contributed by atoms with Gasteiger partial charge in [-0.3, -0.25) is 4.79 Å². The maximum Gasteiger partial charge on any atom is 0.256 e. The van der Waals surface area contributed by atoms with Gasteiger partial charge in [-0.05, 0) is 35.0 Å². The van der Waals surface area contributed by atoms with Crippen molar-refractivity contribution in [1.82, 2.24) is 4.90 Å². The summed E-state index contributed by atoms with van der Waals surface area (Å²) in [5.74, 6) is -0.802. The average Bonchev–Trinajstić information content (AvgIpc) is 2.20. The fraction of sp³-hybridized carbons (Fsp3) is 0.300. The Morgan fingerprint density at radius 1 is 1.57 bits per heavy atom. The number of carbonyl (C=O) groups excluding carboxylic acids is 1. The third-order valence-corrected chi connectivity index (χ3v) is 2.62. The fourth-order valence-electron chi connectivity index (χ4n) is 1.02. The van der Waals surface area contributed by atoms with E-state index >= 15 is 0 Å². The lowest BCUT2D eigenvalue weighted by Gasteiger charge is -2.14. The van der Waals surface area contributed by atoms with Crippen LogP contribution in [0, 0.1) is 5.82 Å². The van der Waals surface area contributed by atoms with Crippen LogP contribution in [-0.2, 0) is 0 Å². The van der Waals surface area contributed by atoms with E-state index in [0.29, 0.717) is 11.0 Å². The SMILES string of the molecule is CCN(C)C(=O)c1cccc(Br)c1F. The minimum Gasteiger partial charge on any atom is -0.342 e. The Kier molecular flexibility index (Phi) is 3.63. The molecule has 14 heavy (non-hydrogen) atoms. The molecule has 2 nitrogen and oxygen atoms in total. The Balaban J connectivity index is 3.07. The maximum absolute atomic E-state index is 13.5. The summed E-state index contributed by atoms with van der Waals surface area (Å²) in [5.41, 5.74) is 0.101. The largest absolute Gasteiger partial charge is 0.342 e. The molecule has 1 amide bonds. The standard InChI is InChI=1S/C10H11BrFNO/c1-3-13(2)10(14)7-5-4-6-8(11)9(7)12/h4-6H,3H2,1-2H3. The Morgan fingerprint density at radius 3 is 2.79 bits per heavy atom. The van der Waals surface area contributed by atoms with Crippen LogP contribution in [0.25, 0.3) is 0 Å². The number of halogens is 2. The highest BCUT2D eigenvalue weighted by molar-refractivity contribution is 9.10. The first-order valence-electron chi connectivity index (χ1n) is 4.27. The smallest absolute Gasteiger partial charge is 0.256 e. The van der Waals surface area contributed by atoms with Crippen molar-refractivity contribution in [3.63, 3.8) is 0 Å². The topological polar surface area (TPSA) is 20.3 Å². The Hall–Kier alpha value is -0.900. The van der Waals surface area contributed by atoms with Crippen LogP contribution in [0.5, 0.6) is 0 Å². The van der Waals surface area contributed by atoms with E-state index in [9.17, 15) is 9.18 Å². The van der Waals surface area contributed by atoms with Crippen LogP contribution in [0.3, 0.4) is 0 Å². The van der Waals surface area contributed by atoms with Gasteiger partial charge in [0.2, 0.25) is 0 Å². The minimum absolute atomic E-state index is 0.101. The molecule has 0 aliphatic heterocycles. The fourth-order valence-corrected chi connectivity index (χ4v) is 1.38. The summed E-state index contributed by atoms with van der Waals surface area (Å²) in [7, 11) is 1.64. The Bertz CT molecular complexity index is 354. The molecule has 0 aromatic heterocycles. The second-order valence-corrected chi connectivity index (χ2v) is 3.78. The van der Waals surface area contributed by atoms with Crippen LogP contribution in [-0.4, -0.2) is 24.4 Å². The lowest BCUT2D eigenvalue weighted by atomic mass is 10.2. The van der Waals surface area contributed by atoms with E-state index in [1.54, 1.807) is 19.2 Å². The monoisotopic (exact) mass is 259 g/mol. The first-order chi connectivity index (χ1) is 6.57. The third kappa shape index (κ3) is 2.12. The van der Waals surface area contributed by atoms with E-state index in [1.807, 2.05) is 6.92 Å². The average molecular weight is 260 g/mol. The second kappa shape index (κ2) is 4.55. The number of carbonyl (C=O) groups is 1. The summed E-state index contributed by atoms with van der Waals surface area (Å²) in [4.78, 5) is 13.1. The molecule has 0 unspecified atom stereocenters. The molecule has 0 saturated carbocycles. The maximum atomic E-state index is 13.5. The molecule has 0 radical (unpaired) electrons. The first-order valence-corrected chi connectivity index (χ1v) is 5.06. The van der Waals surface area contributed by atoms with Gasteiger partial charge in [0.25, 0.3) is 5.91 Å². The molecule has 0 spiro atoms. The van der Waals surface area contributed by atoms with Crippen molar-refractivity contribution in [1.29, 1.82) is 0 Å². The molecule has 1 rings (SSSR count). The summed E-state index contributed by atoms with van der Waals surface area (Å²) in [6.07, 6.45) is 0. The highest BCUT2D eigenvalue weighted by atomic mass is 79.9. The molecule has 0 aliphatic carbocycles. The van der Waals surface area contributed by atoms with Crippen molar-refractivity contribution < 1.29 is 9.18 Å². The quantitative estimate of drug-likeness (QED) is 0.800. The van der Waals surface area contributed by atoms with Gasteiger partial charge >= 0.3 is 0 Å². The lowest BCUT2D eigenvalue weighted by Crippen LogP contribution is -2.27. The zero-order chi connectivity index (χ0) is 10.7. The summed E-state index contributed by atoms with van der Waals surface area (Å²) in [6.45, 7) is 2.40. The molecule has 0 heterocycles. The van der Waals surface area contributed by atoms with Crippen molar-refractivity contribution in [2.75, 3.05) is 13.6 Å². The van der Waals surface area contributed by atoms with Crippen LogP contribution in [0.1, 0.15) is 17.3 Å². The van der Waals surface area contributed by atoms with E-state index in [0.717, 1.165) is 0 Å². The second-order valence-electron chi connectivity index (χ2n) is 2.92. The van der Waals surface area contributed by atoms with Crippen molar-refractivity contribution in [2.24, 2.45) is 0 Å². The van der Waals surface area contributed by atoms with Crippen molar-refractivity contribution in [2.45, 2.75) is 6.92 Å². The number of nitrogens with zero attached hydrogens (tertiary/aromatic N) is 1. The first kappa shape index (κ1) is 11.2. The molecule has 1 aromatic rings. The molecule has 0 saturated heterocycles. The Morgan fingerprint density at radius 2 is 2.21 bits per heavy atom. The zero-order valence-corrected chi connectivity index (χ0v) is 9.64. The molecule has 76 valence electrons. The van der Waals surface area contributed by atoms with Crippen LogP contribution < -0.4 is 0 Å². The van der Waals surface area contributed by atoms with Crippen molar-refractivity contribution >= 4 is 21.8 Å². The third-order valence-electron chi connectivity index (χ3n) is 2.00. The highest BCUT2D eigenvalue weighted by Crippen LogP contribution is 2.19. The van der Waals surface area contributed by atoms with Crippen molar-refractivity contribution in [3.05, 3.63) is 34.1 Å². The van der Waals surface area contributed by atoms with Gasteiger partial charge in [0.15, 0.2) is 0 Å².